The molecule has 1 atom stereocenters. The van der Waals surface area contributed by atoms with Gasteiger partial charge in [0.25, 0.3) is 0 Å². The lowest BCUT2D eigenvalue weighted by Crippen LogP contribution is -2.43. The molecule has 1 aliphatic rings. The van der Waals surface area contributed by atoms with Crippen LogP contribution in [0.4, 0.5) is 0 Å². The summed E-state index contributed by atoms with van der Waals surface area (Å²) < 4.78 is 0. The lowest BCUT2D eigenvalue weighted by atomic mass is 10.0. The van der Waals surface area contributed by atoms with Crippen LogP contribution in [0.2, 0.25) is 0 Å². The molecule has 5 nitrogen and oxygen atoms in total. The fourth-order valence-electron chi connectivity index (χ4n) is 1.70. The topological polar surface area (TPSA) is 74.7 Å². The molecule has 0 spiro atoms. The van der Waals surface area contributed by atoms with Crippen molar-refractivity contribution in [2.24, 2.45) is 5.92 Å². The zero-order chi connectivity index (χ0) is 11.6. The van der Waals surface area contributed by atoms with Crippen molar-refractivity contribution in [2.45, 2.75) is 32.7 Å². The summed E-state index contributed by atoms with van der Waals surface area (Å²) in [6.45, 7) is 3.72. The van der Waals surface area contributed by atoms with Crippen LogP contribution >= 0.6 is 0 Å². The molecule has 1 heterocycles. The number of aliphatic carboxylic acids is 1. The molecule has 0 saturated carbocycles. The molecule has 1 rings (SSSR count). The van der Waals surface area contributed by atoms with Crippen LogP contribution in [0.25, 0.3) is 0 Å². The van der Waals surface area contributed by atoms with Crippen molar-refractivity contribution in [1.29, 1.82) is 0 Å². The Morgan fingerprint density at radius 3 is 2.40 bits per heavy atom. The predicted octanol–water partition coefficient (Wildman–Crippen LogP) is 0.287. The smallest absolute Gasteiger partial charge is 0.326 e. The number of likely N-dealkylation sites (tertiary alicyclic amines) is 1. The first-order valence-corrected chi connectivity index (χ1v) is 4.95. The summed E-state index contributed by atoms with van der Waals surface area (Å²) in [5.74, 6) is -1.43. The third-order valence-electron chi connectivity index (χ3n) is 2.37. The summed E-state index contributed by atoms with van der Waals surface area (Å²) in [4.78, 5) is 34.5. The third kappa shape index (κ3) is 2.78. The van der Waals surface area contributed by atoms with Gasteiger partial charge >= 0.3 is 5.97 Å². The van der Waals surface area contributed by atoms with E-state index in [1.54, 1.807) is 0 Å². The number of rotatable bonds is 4. The van der Waals surface area contributed by atoms with Crippen LogP contribution in [-0.2, 0) is 14.4 Å². The summed E-state index contributed by atoms with van der Waals surface area (Å²) >= 11 is 0. The molecule has 1 aliphatic heterocycles. The van der Waals surface area contributed by atoms with Crippen molar-refractivity contribution in [2.75, 3.05) is 6.54 Å². The largest absolute Gasteiger partial charge is 0.480 e. The van der Waals surface area contributed by atoms with Crippen LogP contribution < -0.4 is 0 Å². The molecule has 1 fully saturated rings. The standard InChI is InChI=1S/C10H15NO4/c1-6(2)3-8(10(14)15)11-5-7(12)4-9(11)13/h6,8H,3-5H2,1-2H3,(H,14,15)/t8-/m0/s1. The molecule has 1 amide bonds. The Bertz CT molecular complexity index is 298. The lowest BCUT2D eigenvalue weighted by molar-refractivity contribution is -0.149. The third-order valence-corrected chi connectivity index (χ3v) is 2.37. The summed E-state index contributed by atoms with van der Waals surface area (Å²) in [5, 5.41) is 8.98. The number of amides is 1. The zero-order valence-electron chi connectivity index (χ0n) is 8.90. The monoisotopic (exact) mass is 213 g/mol. The van der Waals surface area contributed by atoms with Crippen LogP contribution in [0.3, 0.4) is 0 Å². The fraction of sp³-hybridized carbons (Fsp3) is 0.700. The van der Waals surface area contributed by atoms with E-state index in [-0.39, 0.29) is 30.6 Å². The van der Waals surface area contributed by atoms with E-state index in [1.165, 1.54) is 4.90 Å². The molecule has 0 aromatic rings. The van der Waals surface area contributed by atoms with Gasteiger partial charge < -0.3 is 10.0 Å². The Morgan fingerprint density at radius 1 is 1.47 bits per heavy atom. The Labute approximate surface area is 88.1 Å². The van der Waals surface area contributed by atoms with Crippen molar-refractivity contribution in [1.82, 2.24) is 4.90 Å². The number of carbonyl (C=O) groups is 3. The van der Waals surface area contributed by atoms with Crippen LogP contribution in [0.1, 0.15) is 26.7 Å². The maximum Gasteiger partial charge on any atom is 0.326 e. The van der Waals surface area contributed by atoms with Crippen LogP contribution in [-0.4, -0.2) is 40.3 Å². The average Bonchev–Trinajstić information content (AvgIpc) is 2.40. The zero-order valence-corrected chi connectivity index (χ0v) is 8.90. The number of Topliss-reactive ketones (excluding diaryl/α,β-unsaturated/α-hetero) is 1. The molecule has 84 valence electrons. The first kappa shape index (κ1) is 11.7. The van der Waals surface area contributed by atoms with Gasteiger partial charge in [0.1, 0.15) is 6.04 Å². The normalized spacial score (nSPS) is 18.7. The van der Waals surface area contributed by atoms with Gasteiger partial charge in [0.15, 0.2) is 5.78 Å². The highest BCUT2D eigenvalue weighted by Gasteiger charge is 2.36. The highest BCUT2D eigenvalue weighted by Crippen LogP contribution is 2.17. The van der Waals surface area contributed by atoms with Crippen molar-refractivity contribution >= 4 is 17.7 Å². The van der Waals surface area contributed by atoms with Gasteiger partial charge in [-0.15, -0.1) is 0 Å². The van der Waals surface area contributed by atoms with Crippen LogP contribution in [0.5, 0.6) is 0 Å². The number of carboxylic acids is 1. The number of carboxylic acid groups (broad SMARTS) is 1. The maximum absolute atomic E-state index is 11.4. The highest BCUT2D eigenvalue weighted by molar-refractivity contribution is 6.06. The number of nitrogens with zero attached hydrogens (tertiary/aromatic N) is 1. The SMILES string of the molecule is CC(C)C[C@@H](C(=O)O)N1CC(=O)CC1=O. The summed E-state index contributed by atoms with van der Waals surface area (Å²) in [6, 6.07) is -0.857. The van der Waals surface area contributed by atoms with Crippen LogP contribution in [0, 0.1) is 5.92 Å². The quantitative estimate of drug-likeness (QED) is 0.681. The van der Waals surface area contributed by atoms with Gasteiger partial charge in [-0.3, -0.25) is 9.59 Å². The summed E-state index contributed by atoms with van der Waals surface area (Å²) in [6.07, 6.45) is 0.232. The molecule has 0 bridgehead atoms. The maximum atomic E-state index is 11.4. The van der Waals surface area contributed by atoms with E-state index >= 15 is 0 Å². The van der Waals surface area contributed by atoms with E-state index in [4.69, 9.17) is 5.11 Å². The summed E-state index contributed by atoms with van der Waals surface area (Å²) in [7, 11) is 0. The van der Waals surface area contributed by atoms with Crippen molar-refractivity contribution in [3.8, 4) is 0 Å². The lowest BCUT2D eigenvalue weighted by Gasteiger charge is -2.24. The molecule has 0 aromatic heterocycles. The van der Waals surface area contributed by atoms with Gasteiger partial charge in [-0.05, 0) is 12.3 Å². The molecule has 0 unspecified atom stereocenters. The van der Waals surface area contributed by atoms with E-state index in [0.29, 0.717) is 6.42 Å². The van der Waals surface area contributed by atoms with Gasteiger partial charge in [-0.1, -0.05) is 13.8 Å². The Balaban J connectivity index is 2.76. The number of carbonyl (C=O) groups excluding carboxylic acids is 2. The first-order valence-electron chi connectivity index (χ1n) is 4.95. The minimum Gasteiger partial charge on any atom is -0.480 e. The van der Waals surface area contributed by atoms with E-state index in [0.717, 1.165) is 0 Å². The molecule has 1 saturated heterocycles. The molecule has 1 N–H and O–H groups in total. The van der Waals surface area contributed by atoms with Crippen molar-refractivity contribution in [3.05, 3.63) is 0 Å². The second-order valence-electron chi connectivity index (χ2n) is 4.22. The van der Waals surface area contributed by atoms with E-state index < -0.39 is 12.0 Å². The van der Waals surface area contributed by atoms with Crippen molar-refractivity contribution in [3.63, 3.8) is 0 Å². The highest BCUT2D eigenvalue weighted by atomic mass is 16.4. The van der Waals surface area contributed by atoms with Gasteiger partial charge in [0.05, 0.1) is 13.0 Å². The molecular weight excluding hydrogens is 198 g/mol. The Kier molecular flexibility index (Phi) is 3.44. The van der Waals surface area contributed by atoms with Gasteiger partial charge in [0, 0.05) is 0 Å². The molecule has 5 heteroatoms. The average molecular weight is 213 g/mol. The van der Waals surface area contributed by atoms with Crippen LogP contribution in [0.15, 0.2) is 0 Å². The van der Waals surface area contributed by atoms with E-state index in [9.17, 15) is 14.4 Å². The van der Waals surface area contributed by atoms with E-state index in [1.807, 2.05) is 13.8 Å². The second-order valence-corrected chi connectivity index (χ2v) is 4.22. The molecule has 0 aliphatic carbocycles. The summed E-state index contributed by atoms with van der Waals surface area (Å²) in [5.41, 5.74) is 0. The molecule has 0 radical (unpaired) electrons. The second kappa shape index (κ2) is 4.42. The van der Waals surface area contributed by atoms with E-state index in [2.05, 4.69) is 0 Å². The van der Waals surface area contributed by atoms with Crippen molar-refractivity contribution < 1.29 is 19.5 Å². The van der Waals surface area contributed by atoms with Gasteiger partial charge in [-0.2, -0.15) is 0 Å². The number of hydrogen-bond acceptors (Lipinski definition) is 3. The Morgan fingerprint density at radius 2 is 2.07 bits per heavy atom. The minimum atomic E-state index is -1.04. The Hall–Kier alpha value is -1.39. The van der Waals surface area contributed by atoms with Gasteiger partial charge in [0.2, 0.25) is 5.91 Å². The molecular formula is C10H15NO4. The molecule has 0 aromatic carbocycles. The molecule has 15 heavy (non-hydrogen) atoms. The minimum absolute atomic E-state index is 0.0531. The van der Waals surface area contributed by atoms with Gasteiger partial charge in [-0.25, -0.2) is 4.79 Å². The number of hydrogen-bond donors (Lipinski definition) is 1. The fourth-order valence-corrected chi connectivity index (χ4v) is 1.70. The first-order chi connectivity index (χ1) is 6.91. The number of ketones is 1. The predicted molar refractivity (Wildman–Crippen MR) is 52.2 cm³/mol.